The number of hydrogen-bond donors (Lipinski definition) is 2. The Balaban J connectivity index is 1.25. The van der Waals surface area contributed by atoms with Crippen LogP contribution in [0, 0.1) is 5.41 Å². The highest BCUT2D eigenvalue weighted by Crippen LogP contribution is 2.53. The lowest BCUT2D eigenvalue weighted by molar-refractivity contribution is -0.133. The Morgan fingerprint density at radius 1 is 1.10 bits per heavy atom. The fourth-order valence-corrected chi connectivity index (χ4v) is 4.23. The maximum absolute atomic E-state index is 12.8. The van der Waals surface area contributed by atoms with Crippen molar-refractivity contribution in [3.05, 3.63) is 52.8 Å². The van der Waals surface area contributed by atoms with Crippen molar-refractivity contribution < 1.29 is 9.21 Å². The number of aromatic nitrogens is 3. The molecule has 1 aliphatic carbocycles. The number of nitrogens with zero attached hydrogens (tertiary/aromatic N) is 3. The molecule has 3 aromatic rings. The lowest BCUT2D eigenvalue weighted by Gasteiger charge is -2.33. The molecule has 3 heterocycles. The summed E-state index contributed by atoms with van der Waals surface area (Å²) < 4.78 is 5.65. The molecule has 1 aromatic carbocycles. The molecule has 1 saturated carbocycles. The second-order valence-corrected chi connectivity index (χ2v) is 8.58. The Kier molecular flexibility index (Phi) is 4.84. The van der Waals surface area contributed by atoms with Crippen LogP contribution in [0.3, 0.4) is 0 Å². The number of likely N-dealkylation sites (tertiary alicyclic amines) is 1. The van der Waals surface area contributed by atoms with Crippen molar-refractivity contribution in [3.63, 3.8) is 0 Å². The van der Waals surface area contributed by atoms with Crippen LogP contribution in [0.2, 0.25) is 0 Å². The van der Waals surface area contributed by atoms with Crippen LogP contribution in [-0.4, -0.2) is 45.1 Å². The smallest absolute Gasteiger partial charge is 0.316 e. The van der Waals surface area contributed by atoms with Crippen molar-refractivity contribution in [2.45, 2.75) is 38.6 Å². The second-order valence-electron chi connectivity index (χ2n) is 8.58. The standard InChI is InChI=1S/C23H25N5O3/c1-15(21(30)28-13-11-23(9-10-23)12-14-28)24-22-27-26-20(31-22)18-8-7-17(19(29)25-18)16-5-3-2-4-6-16/h2-8,15H,9-14H2,1H3,(H,24,27)(H,25,29)/t15-/m0/s1. The number of amides is 1. The molecule has 1 amide bonds. The minimum atomic E-state index is -0.471. The molecule has 1 spiro atoms. The third-order valence-electron chi connectivity index (χ3n) is 6.45. The van der Waals surface area contributed by atoms with Gasteiger partial charge < -0.3 is 19.6 Å². The van der Waals surface area contributed by atoms with Gasteiger partial charge in [0.2, 0.25) is 5.91 Å². The van der Waals surface area contributed by atoms with Crippen LogP contribution in [0.15, 0.2) is 51.7 Å². The van der Waals surface area contributed by atoms with Gasteiger partial charge in [-0.05, 0) is 55.7 Å². The molecule has 2 aromatic heterocycles. The van der Waals surface area contributed by atoms with Crippen molar-refractivity contribution in [2.75, 3.05) is 18.4 Å². The third-order valence-corrected chi connectivity index (χ3v) is 6.45. The molecule has 1 atom stereocenters. The molecular formula is C23H25N5O3. The number of anilines is 1. The van der Waals surface area contributed by atoms with Crippen molar-refractivity contribution >= 4 is 11.9 Å². The quantitative estimate of drug-likeness (QED) is 0.658. The van der Waals surface area contributed by atoms with Crippen LogP contribution >= 0.6 is 0 Å². The Bertz CT molecular complexity index is 1140. The predicted molar refractivity (Wildman–Crippen MR) is 116 cm³/mol. The van der Waals surface area contributed by atoms with Gasteiger partial charge in [0.1, 0.15) is 11.7 Å². The molecule has 2 aliphatic rings. The van der Waals surface area contributed by atoms with E-state index in [-0.39, 0.29) is 23.4 Å². The third kappa shape index (κ3) is 3.97. The van der Waals surface area contributed by atoms with Gasteiger partial charge in [-0.1, -0.05) is 35.4 Å². The zero-order chi connectivity index (χ0) is 21.4. The summed E-state index contributed by atoms with van der Waals surface area (Å²) in [5.74, 6) is 0.225. The van der Waals surface area contributed by atoms with E-state index in [0.29, 0.717) is 16.7 Å². The van der Waals surface area contributed by atoms with Crippen molar-refractivity contribution in [3.8, 4) is 22.7 Å². The van der Waals surface area contributed by atoms with Crippen LogP contribution < -0.4 is 10.9 Å². The summed E-state index contributed by atoms with van der Waals surface area (Å²) in [6, 6.07) is 12.6. The van der Waals surface area contributed by atoms with Gasteiger partial charge in [-0.2, -0.15) is 0 Å². The molecule has 8 heteroatoms. The molecule has 0 bridgehead atoms. The average Bonchev–Trinajstić information content (AvgIpc) is 3.38. The highest BCUT2D eigenvalue weighted by molar-refractivity contribution is 5.83. The number of hydrogen-bond acceptors (Lipinski definition) is 6. The Hall–Kier alpha value is -3.42. The van der Waals surface area contributed by atoms with Crippen molar-refractivity contribution in [1.29, 1.82) is 0 Å². The minimum absolute atomic E-state index is 0.0378. The van der Waals surface area contributed by atoms with Crippen molar-refractivity contribution in [1.82, 2.24) is 20.1 Å². The fourth-order valence-electron chi connectivity index (χ4n) is 4.23. The summed E-state index contributed by atoms with van der Waals surface area (Å²) in [6.07, 6.45) is 4.81. The van der Waals surface area contributed by atoms with Gasteiger partial charge in [-0.25, -0.2) is 0 Å². The first kappa shape index (κ1) is 19.5. The summed E-state index contributed by atoms with van der Waals surface area (Å²) >= 11 is 0. The molecule has 160 valence electrons. The van der Waals surface area contributed by atoms with E-state index in [1.807, 2.05) is 35.2 Å². The summed E-state index contributed by atoms with van der Waals surface area (Å²) in [6.45, 7) is 3.42. The van der Waals surface area contributed by atoms with E-state index < -0.39 is 6.04 Å². The topological polar surface area (TPSA) is 104 Å². The summed E-state index contributed by atoms with van der Waals surface area (Å²) in [5.41, 5.74) is 2.12. The lowest BCUT2D eigenvalue weighted by atomic mass is 9.93. The van der Waals surface area contributed by atoms with E-state index >= 15 is 0 Å². The van der Waals surface area contributed by atoms with Gasteiger partial charge in [0, 0.05) is 18.7 Å². The number of pyridine rings is 1. The number of carbonyl (C=O) groups excluding carboxylic acids is 1. The first-order valence-corrected chi connectivity index (χ1v) is 10.7. The van der Waals surface area contributed by atoms with Gasteiger partial charge in [-0.15, -0.1) is 5.10 Å². The monoisotopic (exact) mass is 419 g/mol. The van der Waals surface area contributed by atoms with Crippen molar-refractivity contribution in [2.24, 2.45) is 5.41 Å². The average molecular weight is 419 g/mol. The molecular weight excluding hydrogens is 394 g/mol. The number of benzene rings is 1. The van der Waals surface area contributed by atoms with Crippen LogP contribution in [0.1, 0.15) is 32.6 Å². The Morgan fingerprint density at radius 3 is 2.52 bits per heavy atom. The predicted octanol–water partition coefficient (Wildman–Crippen LogP) is 3.29. The van der Waals surface area contributed by atoms with Gasteiger partial charge in [0.25, 0.3) is 11.4 Å². The number of H-pyrrole nitrogens is 1. The number of carbonyl (C=O) groups is 1. The first-order valence-electron chi connectivity index (χ1n) is 10.7. The molecule has 2 fully saturated rings. The highest BCUT2D eigenvalue weighted by Gasteiger charge is 2.45. The first-order chi connectivity index (χ1) is 15.0. The Labute approximate surface area is 179 Å². The zero-order valence-corrected chi connectivity index (χ0v) is 17.4. The molecule has 31 heavy (non-hydrogen) atoms. The van der Waals surface area contributed by atoms with Gasteiger partial charge in [-0.3, -0.25) is 9.59 Å². The zero-order valence-electron chi connectivity index (χ0n) is 17.4. The largest absolute Gasteiger partial charge is 0.402 e. The SMILES string of the molecule is C[C@H](Nc1nnc(-c2ccc(-c3ccccc3)c(=O)[nH]2)o1)C(=O)N1CCC2(CC1)CC2. The molecule has 1 aliphatic heterocycles. The van der Waals surface area contributed by atoms with E-state index in [4.69, 9.17) is 4.42 Å². The van der Waals surface area contributed by atoms with E-state index in [9.17, 15) is 9.59 Å². The van der Waals surface area contributed by atoms with Crippen LogP contribution in [0.25, 0.3) is 22.7 Å². The minimum Gasteiger partial charge on any atom is -0.402 e. The van der Waals surface area contributed by atoms with Crippen LogP contribution in [-0.2, 0) is 4.79 Å². The summed E-state index contributed by atoms with van der Waals surface area (Å²) in [5, 5.41) is 11.0. The number of rotatable bonds is 5. The van der Waals surface area contributed by atoms with E-state index in [2.05, 4.69) is 20.5 Å². The summed E-state index contributed by atoms with van der Waals surface area (Å²) in [7, 11) is 0. The summed E-state index contributed by atoms with van der Waals surface area (Å²) in [4.78, 5) is 30.0. The van der Waals surface area contributed by atoms with Gasteiger partial charge in [0.15, 0.2) is 0 Å². The van der Waals surface area contributed by atoms with Crippen LogP contribution in [0.5, 0.6) is 0 Å². The molecule has 8 nitrogen and oxygen atoms in total. The van der Waals surface area contributed by atoms with Crippen LogP contribution in [0.4, 0.5) is 6.01 Å². The fraction of sp³-hybridized carbons (Fsp3) is 0.391. The molecule has 2 N–H and O–H groups in total. The Morgan fingerprint density at radius 2 is 1.84 bits per heavy atom. The molecule has 0 unspecified atom stereocenters. The number of piperidine rings is 1. The van der Waals surface area contributed by atoms with Gasteiger partial charge >= 0.3 is 6.01 Å². The van der Waals surface area contributed by atoms with Gasteiger partial charge in [0.05, 0.1) is 0 Å². The van der Waals surface area contributed by atoms with E-state index in [1.165, 1.54) is 12.8 Å². The number of aromatic amines is 1. The van der Waals surface area contributed by atoms with E-state index in [1.54, 1.807) is 19.1 Å². The number of nitrogens with one attached hydrogen (secondary N) is 2. The highest BCUT2D eigenvalue weighted by atomic mass is 16.4. The van der Waals surface area contributed by atoms with E-state index in [0.717, 1.165) is 31.5 Å². The maximum Gasteiger partial charge on any atom is 0.316 e. The second kappa shape index (κ2) is 7.68. The molecule has 0 radical (unpaired) electrons. The normalized spacial score (nSPS) is 18.0. The molecule has 1 saturated heterocycles. The molecule has 5 rings (SSSR count). The maximum atomic E-state index is 12.8. The lowest BCUT2D eigenvalue weighted by Crippen LogP contribution is -2.45.